The molecule has 4 nitrogen and oxygen atoms in total. The lowest BCUT2D eigenvalue weighted by Crippen LogP contribution is -2.42. The Bertz CT molecular complexity index is 549. The van der Waals surface area contributed by atoms with Gasteiger partial charge in [-0.3, -0.25) is 4.79 Å². The van der Waals surface area contributed by atoms with Crippen LogP contribution in [-0.2, 0) is 0 Å². The van der Waals surface area contributed by atoms with Crippen molar-refractivity contribution in [3.05, 3.63) is 42.5 Å². The van der Waals surface area contributed by atoms with E-state index in [-0.39, 0.29) is 5.91 Å². The quantitative estimate of drug-likeness (QED) is 0.568. The average molecular weight is 328 g/mol. The van der Waals surface area contributed by atoms with Gasteiger partial charge < -0.3 is 14.5 Å². The maximum Gasteiger partial charge on any atom is 0.254 e. The zero-order valence-corrected chi connectivity index (χ0v) is 14.5. The Hall–Kier alpha value is -1.81. The Morgan fingerprint density at radius 1 is 1.17 bits per heavy atom. The number of nitrogens with zero attached hydrogens (tertiary/aromatic N) is 2. The maximum atomic E-state index is 12.9. The van der Waals surface area contributed by atoms with E-state index in [0.717, 1.165) is 43.7 Å². The minimum atomic E-state index is 0.161. The first kappa shape index (κ1) is 17.0. The summed E-state index contributed by atoms with van der Waals surface area (Å²) < 4.78 is 5.61. The highest BCUT2D eigenvalue weighted by Crippen LogP contribution is 2.23. The highest BCUT2D eigenvalue weighted by atomic mass is 16.5. The Morgan fingerprint density at radius 2 is 1.92 bits per heavy atom. The molecule has 0 aromatic heterocycles. The van der Waals surface area contributed by atoms with Gasteiger partial charge in [-0.05, 0) is 69.5 Å². The van der Waals surface area contributed by atoms with Gasteiger partial charge in [-0.25, -0.2) is 0 Å². The van der Waals surface area contributed by atoms with E-state index in [1.807, 2.05) is 30.3 Å². The van der Waals surface area contributed by atoms with Gasteiger partial charge in [-0.2, -0.15) is 0 Å². The van der Waals surface area contributed by atoms with Crippen molar-refractivity contribution < 1.29 is 9.53 Å². The van der Waals surface area contributed by atoms with Crippen LogP contribution in [0.4, 0.5) is 0 Å². The molecule has 1 aromatic rings. The fraction of sp³-hybridized carbons (Fsp3) is 0.550. The minimum absolute atomic E-state index is 0.161. The van der Waals surface area contributed by atoms with E-state index in [0.29, 0.717) is 12.6 Å². The van der Waals surface area contributed by atoms with Gasteiger partial charge in [0.15, 0.2) is 0 Å². The molecule has 1 unspecified atom stereocenters. The minimum Gasteiger partial charge on any atom is -0.493 e. The molecule has 3 rings (SSSR count). The molecule has 2 saturated heterocycles. The normalized spacial score (nSPS) is 21.2. The first-order valence-electron chi connectivity index (χ1n) is 9.15. The SMILES string of the molecule is C=CCCOc1ccc(C(=O)N2CCCC2CN2CCCC2)cc1. The molecule has 0 N–H and O–H groups in total. The Kier molecular flexibility index (Phi) is 5.91. The number of benzene rings is 1. The topological polar surface area (TPSA) is 32.8 Å². The molecular formula is C20H28N2O2. The van der Waals surface area contributed by atoms with Gasteiger partial charge in [-0.15, -0.1) is 6.58 Å². The lowest BCUT2D eigenvalue weighted by molar-refractivity contribution is 0.0708. The molecule has 1 aromatic carbocycles. The van der Waals surface area contributed by atoms with E-state index >= 15 is 0 Å². The van der Waals surface area contributed by atoms with Crippen LogP contribution in [0.25, 0.3) is 0 Å². The summed E-state index contributed by atoms with van der Waals surface area (Å²) in [6.07, 6.45) is 7.51. The van der Waals surface area contributed by atoms with Crippen molar-refractivity contribution in [3.8, 4) is 5.75 Å². The van der Waals surface area contributed by atoms with Gasteiger partial charge in [0, 0.05) is 24.7 Å². The number of hydrogen-bond acceptors (Lipinski definition) is 3. The first-order chi connectivity index (χ1) is 11.8. The largest absolute Gasteiger partial charge is 0.493 e. The Balaban J connectivity index is 1.58. The molecule has 2 fully saturated rings. The Labute approximate surface area is 145 Å². The van der Waals surface area contributed by atoms with Crippen molar-refractivity contribution in [3.63, 3.8) is 0 Å². The summed E-state index contributed by atoms with van der Waals surface area (Å²) in [7, 11) is 0. The van der Waals surface area contributed by atoms with E-state index in [4.69, 9.17) is 4.74 Å². The number of rotatable bonds is 7. The smallest absolute Gasteiger partial charge is 0.254 e. The predicted octanol–water partition coefficient (Wildman–Crippen LogP) is 3.34. The number of amides is 1. The molecule has 0 aliphatic carbocycles. The molecule has 0 bridgehead atoms. The van der Waals surface area contributed by atoms with Crippen molar-refractivity contribution in [1.29, 1.82) is 0 Å². The summed E-state index contributed by atoms with van der Waals surface area (Å²) in [6, 6.07) is 7.93. The maximum absolute atomic E-state index is 12.9. The summed E-state index contributed by atoms with van der Waals surface area (Å²) in [4.78, 5) is 17.4. The van der Waals surface area contributed by atoms with Gasteiger partial charge in [0.25, 0.3) is 5.91 Å². The van der Waals surface area contributed by atoms with Crippen LogP contribution in [0, 0.1) is 0 Å². The van der Waals surface area contributed by atoms with Crippen LogP contribution in [0.1, 0.15) is 42.5 Å². The van der Waals surface area contributed by atoms with Crippen LogP contribution in [0.15, 0.2) is 36.9 Å². The van der Waals surface area contributed by atoms with Gasteiger partial charge in [0.05, 0.1) is 6.61 Å². The third kappa shape index (κ3) is 4.18. The predicted molar refractivity (Wildman–Crippen MR) is 96.5 cm³/mol. The molecule has 2 heterocycles. The summed E-state index contributed by atoms with van der Waals surface area (Å²) in [6.45, 7) is 8.61. The van der Waals surface area contributed by atoms with Crippen LogP contribution in [0.3, 0.4) is 0 Å². The van der Waals surface area contributed by atoms with Crippen molar-refractivity contribution >= 4 is 5.91 Å². The second-order valence-corrected chi connectivity index (χ2v) is 6.75. The molecule has 0 spiro atoms. The lowest BCUT2D eigenvalue weighted by atomic mass is 10.1. The molecule has 4 heteroatoms. The van der Waals surface area contributed by atoms with Crippen LogP contribution in [0.2, 0.25) is 0 Å². The summed E-state index contributed by atoms with van der Waals surface area (Å²) in [5, 5.41) is 0. The molecule has 2 aliphatic heterocycles. The van der Waals surface area contributed by atoms with Gasteiger partial charge in [-0.1, -0.05) is 6.08 Å². The third-order valence-corrected chi connectivity index (χ3v) is 5.00. The number of likely N-dealkylation sites (tertiary alicyclic amines) is 2. The highest BCUT2D eigenvalue weighted by molar-refractivity contribution is 5.94. The molecule has 2 aliphatic rings. The van der Waals surface area contributed by atoms with E-state index in [1.54, 1.807) is 0 Å². The number of carbonyl (C=O) groups is 1. The van der Waals surface area contributed by atoms with Crippen molar-refractivity contribution in [1.82, 2.24) is 9.80 Å². The summed E-state index contributed by atoms with van der Waals surface area (Å²) in [5.41, 5.74) is 0.763. The number of carbonyl (C=O) groups excluding carboxylic acids is 1. The third-order valence-electron chi connectivity index (χ3n) is 5.00. The molecule has 1 atom stereocenters. The number of hydrogen-bond donors (Lipinski definition) is 0. The molecule has 0 radical (unpaired) electrons. The average Bonchev–Trinajstić information content (AvgIpc) is 3.27. The van der Waals surface area contributed by atoms with Crippen molar-refractivity contribution in [2.45, 2.75) is 38.1 Å². The second kappa shape index (κ2) is 8.34. The first-order valence-corrected chi connectivity index (χ1v) is 9.15. The highest BCUT2D eigenvalue weighted by Gasteiger charge is 2.31. The standard InChI is InChI=1S/C20H28N2O2/c1-2-3-15-24-19-10-8-17(9-11-19)20(23)22-14-6-7-18(22)16-21-12-4-5-13-21/h2,8-11,18H,1,3-7,12-16H2. The lowest BCUT2D eigenvalue weighted by Gasteiger charge is -2.28. The van der Waals surface area contributed by atoms with Gasteiger partial charge in [0.2, 0.25) is 0 Å². The molecule has 0 saturated carbocycles. The molecular weight excluding hydrogens is 300 g/mol. The van der Waals surface area contributed by atoms with Crippen LogP contribution in [0.5, 0.6) is 5.75 Å². The molecule has 1 amide bonds. The Morgan fingerprint density at radius 3 is 2.62 bits per heavy atom. The van der Waals surface area contributed by atoms with Crippen LogP contribution in [-0.4, -0.2) is 54.5 Å². The van der Waals surface area contributed by atoms with E-state index < -0.39 is 0 Å². The summed E-state index contributed by atoms with van der Waals surface area (Å²) in [5.74, 6) is 0.970. The zero-order chi connectivity index (χ0) is 16.8. The van der Waals surface area contributed by atoms with Gasteiger partial charge in [0.1, 0.15) is 5.75 Å². The fourth-order valence-corrected chi connectivity index (χ4v) is 3.68. The van der Waals surface area contributed by atoms with E-state index in [2.05, 4.69) is 16.4 Å². The van der Waals surface area contributed by atoms with Crippen molar-refractivity contribution in [2.24, 2.45) is 0 Å². The van der Waals surface area contributed by atoms with Crippen molar-refractivity contribution in [2.75, 3.05) is 32.8 Å². The number of ether oxygens (including phenoxy) is 1. The zero-order valence-electron chi connectivity index (χ0n) is 14.5. The van der Waals surface area contributed by atoms with Crippen LogP contribution >= 0.6 is 0 Å². The molecule has 130 valence electrons. The second-order valence-electron chi connectivity index (χ2n) is 6.75. The summed E-state index contributed by atoms with van der Waals surface area (Å²) >= 11 is 0. The monoisotopic (exact) mass is 328 g/mol. The van der Waals surface area contributed by atoms with Crippen LogP contribution < -0.4 is 4.74 Å². The van der Waals surface area contributed by atoms with Gasteiger partial charge >= 0.3 is 0 Å². The molecule has 24 heavy (non-hydrogen) atoms. The fourth-order valence-electron chi connectivity index (χ4n) is 3.68. The van der Waals surface area contributed by atoms with E-state index in [1.165, 1.54) is 25.9 Å². The van der Waals surface area contributed by atoms with E-state index in [9.17, 15) is 4.79 Å².